The van der Waals surface area contributed by atoms with Gasteiger partial charge in [-0.3, -0.25) is 14.6 Å². The van der Waals surface area contributed by atoms with Gasteiger partial charge in [-0.2, -0.15) is 0 Å². The molecule has 5 nitrogen and oxygen atoms in total. The smallest absolute Gasteiger partial charge is 0.254 e. The molecule has 1 aromatic heterocycles. The molecule has 1 heterocycles. The van der Waals surface area contributed by atoms with E-state index in [-0.39, 0.29) is 24.1 Å². The number of rotatable bonds is 5. The summed E-state index contributed by atoms with van der Waals surface area (Å²) in [4.78, 5) is 30.0. The Bertz CT molecular complexity index is 826. The van der Waals surface area contributed by atoms with Gasteiger partial charge in [0.05, 0.1) is 0 Å². The Morgan fingerprint density at radius 2 is 1.80 bits per heavy atom. The van der Waals surface area contributed by atoms with Crippen LogP contribution in [0.3, 0.4) is 0 Å². The Morgan fingerprint density at radius 1 is 1.16 bits per heavy atom. The Kier molecular flexibility index (Phi) is 4.53. The van der Waals surface area contributed by atoms with Gasteiger partial charge < -0.3 is 10.6 Å². The fraction of sp³-hybridized carbons (Fsp3) is 0.316. The number of carbonyl (C=O) groups excluding carboxylic acids is 2. The number of primary amides is 1. The molecule has 1 aromatic carbocycles. The number of aromatic nitrogens is 1. The fourth-order valence-electron chi connectivity index (χ4n) is 2.89. The molecule has 0 aliphatic heterocycles. The van der Waals surface area contributed by atoms with E-state index in [2.05, 4.69) is 4.98 Å². The number of nitrogens with zero attached hydrogens (tertiary/aromatic N) is 2. The van der Waals surface area contributed by atoms with Crippen LogP contribution in [0.15, 0.2) is 30.3 Å². The molecule has 6 heteroatoms. The predicted molar refractivity (Wildman–Crippen MR) is 91.5 cm³/mol. The van der Waals surface area contributed by atoms with Crippen LogP contribution >= 0.6 is 0 Å². The summed E-state index contributed by atoms with van der Waals surface area (Å²) >= 11 is 0. The molecule has 2 N–H and O–H groups in total. The standard InChI is InChI=1S/C19H20FN3O2/c1-11-7-15(8-12(2)22-11)19(25)23(16-5-6-16)10-14-4-3-13(18(21)24)9-17(14)20/h3-4,7-9,16H,5-6,10H2,1-2H3,(H2,21,24). The molecule has 0 bridgehead atoms. The summed E-state index contributed by atoms with van der Waals surface area (Å²) in [7, 11) is 0. The summed E-state index contributed by atoms with van der Waals surface area (Å²) in [6, 6.07) is 7.73. The molecule has 1 fully saturated rings. The van der Waals surface area contributed by atoms with Gasteiger partial charge in [-0.1, -0.05) is 6.07 Å². The van der Waals surface area contributed by atoms with Gasteiger partial charge in [-0.05, 0) is 51.0 Å². The minimum absolute atomic E-state index is 0.117. The summed E-state index contributed by atoms with van der Waals surface area (Å²) in [6.45, 7) is 3.84. The lowest BCUT2D eigenvalue weighted by molar-refractivity contribution is 0.0727. The first kappa shape index (κ1) is 17.1. The van der Waals surface area contributed by atoms with E-state index in [9.17, 15) is 14.0 Å². The van der Waals surface area contributed by atoms with Crippen LogP contribution in [0.1, 0.15) is 50.5 Å². The molecule has 130 valence electrons. The van der Waals surface area contributed by atoms with Gasteiger partial charge in [0.15, 0.2) is 0 Å². The molecular weight excluding hydrogens is 321 g/mol. The molecule has 0 atom stereocenters. The molecule has 0 saturated heterocycles. The quantitative estimate of drug-likeness (QED) is 0.908. The van der Waals surface area contributed by atoms with Crippen LogP contribution in [0.2, 0.25) is 0 Å². The van der Waals surface area contributed by atoms with E-state index in [4.69, 9.17) is 5.73 Å². The van der Waals surface area contributed by atoms with E-state index in [0.29, 0.717) is 11.1 Å². The van der Waals surface area contributed by atoms with Gasteiger partial charge in [0.2, 0.25) is 5.91 Å². The second-order valence-electron chi connectivity index (χ2n) is 6.47. The maximum Gasteiger partial charge on any atom is 0.254 e. The Balaban J connectivity index is 1.87. The number of benzene rings is 1. The minimum atomic E-state index is -0.677. The lowest BCUT2D eigenvalue weighted by Gasteiger charge is -2.23. The van der Waals surface area contributed by atoms with E-state index in [1.807, 2.05) is 13.8 Å². The van der Waals surface area contributed by atoms with Crippen molar-refractivity contribution in [3.05, 3.63) is 64.2 Å². The zero-order chi connectivity index (χ0) is 18.1. The minimum Gasteiger partial charge on any atom is -0.366 e. The number of hydrogen-bond acceptors (Lipinski definition) is 3. The van der Waals surface area contributed by atoms with Crippen LogP contribution in [0.25, 0.3) is 0 Å². The molecular formula is C19H20FN3O2. The van der Waals surface area contributed by atoms with Crippen molar-refractivity contribution in [2.24, 2.45) is 5.73 Å². The SMILES string of the molecule is Cc1cc(C(=O)N(Cc2ccc(C(N)=O)cc2F)C2CC2)cc(C)n1. The van der Waals surface area contributed by atoms with Crippen molar-refractivity contribution in [1.29, 1.82) is 0 Å². The highest BCUT2D eigenvalue weighted by atomic mass is 19.1. The highest BCUT2D eigenvalue weighted by molar-refractivity contribution is 5.95. The summed E-state index contributed by atoms with van der Waals surface area (Å²) < 4.78 is 14.3. The third-order valence-electron chi connectivity index (χ3n) is 4.26. The second-order valence-corrected chi connectivity index (χ2v) is 6.47. The molecule has 25 heavy (non-hydrogen) atoms. The van der Waals surface area contributed by atoms with Crippen molar-refractivity contribution in [3.63, 3.8) is 0 Å². The number of amides is 2. The largest absolute Gasteiger partial charge is 0.366 e. The Morgan fingerprint density at radius 3 is 2.32 bits per heavy atom. The van der Waals surface area contributed by atoms with Crippen LogP contribution in [0.5, 0.6) is 0 Å². The summed E-state index contributed by atoms with van der Waals surface area (Å²) in [5, 5.41) is 0. The predicted octanol–water partition coefficient (Wildman–Crippen LogP) is 2.74. The number of pyridine rings is 1. The number of aryl methyl sites for hydroxylation is 2. The third kappa shape index (κ3) is 3.84. The average molecular weight is 341 g/mol. The van der Waals surface area contributed by atoms with Crippen LogP contribution < -0.4 is 5.73 Å². The van der Waals surface area contributed by atoms with Crippen LogP contribution in [0.4, 0.5) is 4.39 Å². The topological polar surface area (TPSA) is 76.3 Å². The molecule has 2 amide bonds. The van der Waals surface area contributed by atoms with Gasteiger partial charge in [-0.15, -0.1) is 0 Å². The molecule has 1 aliphatic carbocycles. The van der Waals surface area contributed by atoms with Crippen molar-refractivity contribution in [2.45, 2.75) is 39.3 Å². The van der Waals surface area contributed by atoms with Crippen molar-refractivity contribution in [3.8, 4) is 0 Å². The fourth-order valence-corrected chi connectivity index (χ4v) is 2.89. The zero-order valence-electron chi connectivity index (χ0n) is 14.3. The van der Waals surface area contributed by atoms with E-state index < -0.39 is 11.7 Å². The lowest BCUT2D eigenvalue weighted by atomic mass is 10.1. The molecule has 1 aliphatic rings. The Labute approximate surface area is 145 Å². The maximum absolute atomic E-state index is 14.3. The van der Waals surface area contributed by atoms with Gasteiger partial charge in [0.25, 0.3) is 5.91 Å². The molecule has 0 unspecified atom stereocenters. The highest BCUT2D eigenvalue weighted by Gasteiger charge is 2.33. The van der Waals surface area contributed by atoms with E-state index in [0.717, 1.165) is 30.3 Å². The summed E-state index contributed by atoms with van der Waals surface area (Å²) in [5.41, 5.74) is 7.76. The van der Waals surface area contributed by atoms with Crippen LogP contribution in [0, 0.1) is 19.7 Å². The van der Waals surface area contributed by atoms with Gasteiger partial charge >= 0.3 is 0 Å². The first-order valence-electron chi connectivity index (χ1n) is 8.19. The number of carbonyl (C=O) groups is 2. The zero-order valence-corrected chi connectivity index (χ0v) is 14.3. The van der Waals surface area contributed by atoms with Gasteiger partial charge in [0, 0.05) is 40.7 Å². The molecule has 2 aromatic rings. The maximum atomic E-state index is 14.3. The molecule has 0 spiro atoms. The van der Waals surface area contributed by atoms with Gasteiger partial charge in [0.1, 0.15) is 5.82 Å². The van der Waals surface area contributed by atoms with Crippen LogP contribution in [-0.4, -0.2) is 27.7 Å². The van der Waals surface area contributed by atoms with Crippen molar-refractivity contribution in [2.75, 3.05) is 0 Å². The summed E-state index contributed by atoms with van der Waals surface area (Å²) in [6.07, 6.45) is 1.82. The van der Waals surface area contributed by atoms with E-state index in [1.54, 1.807) is 17.0 Å². The van der Waals surface area contributed by atoms with Crippen molar-refractivity contribution >= 4 is 11.8 Å². The van der Waals surface area contributed by atoms with Crippen molar-refractivity contribution in [1.82, 2.24) is 9.88 Å². The Hall–Kier alpha value is -2.76. The first-order valence-corrected chi connectivity index (χ1v) is 8.19. The summed E-state index contributed by atoms with van der Waals surface area (Å²) in [5.74, 6) is -1.34. The van der Waals surface area contributed by atoms with Gasteiger partial charge in [-0.25, -0.2) is 4.39 Å². The number of hydrogen-bond donors (Lipinski definition) is 1. The first-order chi connectivity index (χ1) is 11.8. The number of halogens is 1. The lowest BCUT2D eigenvalue weighted by Crippen LogP contribution is -2.33. The molecule has 3 rings (SSSR count). The average Bonchev–Trinajstić information content (AvgIpc) is 3.36. The van der Waals surface area contributed by atoms with E-state index >= 15 is 0 Å². The van der Waals surface area contributed by atoms with Crippen molar-refractivity contribution < 1.29 is 14.0 Å². The van der Waals surface area contributed by atoms with E-state index in [1.165, 1.54) is 12.1 Å². The normalized spacial score (nSPS) is 13.6. The third-order valence-corrected chi connectivity index (χ3v) is 4.26. The molecule has 1 saturated carbocycles. The molecule has 0 radical (unpaired) electrons. The highest BCUT2D eigenvalue weighted by Crippen LogP contribution is 2.30. The monoisotopic (exact) mass is 341 g/mol. The number of nitrogens with two attached hydrogens (primary N) is 1. The van der Waals surface area contributed by atoms with Crippen LogP contribution in [-0.2, 0) is 6.54 Å². The second kappa shape index (κ2) is 6.63.